The van der Waals surface area contributed by atoms with E-state index in [4.69, 9.17) is 0 Å². The first-order chi connectivity index (χ1) is 13.3. The molecule has 136 valence electrons. The number of β-lactam (4-membered cyclic amide) rings is 1. The Hall–Kier alpha value is -2.91. The Kier molecular flexibility index (Phi) is 5.03. The highest BCUT2D eigenvalue weighted by atomic mass is 16.3. The van der Waals surface area contributed by atoms with E-state index in [0.29, 0.717) is 12.8 Å². The normalized spacial score (nSPS) is 20.2. The van der Waals surface area contributed by atoms with Crippen LogP contribution in [0.4, 0.5) is 5.69 Å². The summed E-state index contributed by atoms with van der Waals surface area (Å²) in [4.78, 5) is 14.8. The lowest BCUT2D eigenvalue weighted by Gasteiger charge is -2.48. The molecule has 1 saturated heterocycles. The minimum Gasteiger partial charge on any atom is -0.388 e. The molecule has 3 nitrogen and oxygen atoms in total. The fourth-order valence-corrected chi connectivity index (χ4v) is 3.92. The number of rotatable bonds is 6. The maximum Gasteiger partial charge on any atom is 0.233 e. The van der Waals surface area contributed by atoms with Crippen LogP contribution in [0.2, 0.25) is 0 Å². The molecule has 0 aromatic heterocycles. The summed E-state index contributed by atoms with van der Waals surface area (Å²) < 4.78 is 0. The van der Waals surface area contributed by atoms with Gasteiger partial charge in [-0.25, -0.2) is 0 Å². The molecule has 1 unspecified atom stereocenters. The van der Waals surface area contributed by atoms with Gasteiger partial charge in [-0.2, -0.15) is 0 Å². The van der Waals surface area contributed by atoms with E-state index in [1.807, 2.05) is 83.8 Å². The Balaban J connectivity index is 1.54. The van der Waals surface area contributed by atoms with Gasteiger partial charge in [-0.05, 0) is 36.1 Å². The van der Waals surface area contributed by atoms with Crippen LogP contribution in [0.15, 0.2) is 91.0 Å². The van der Waals surface area contributed by atoms with Crippen molar-refractivity contribution in [1.29, 1.82) is 0 Å². The van der Waals surface area contributed by atoms with E-state index in [2.05, 4.69) is 12.1 Å². The molecular weight excluding hydrogens is 334 g/mol. The average Bonchev–Trinajstić information content (AvgIpc) is 2.73. The molecule has 1 fully saturated rings. The van der Waals surface area contributed by atoms with Crippen molar-refractivity contribution in [3.05, 3.63) is 102 Å². The third-order valence-electron chi connectivity index (χ3n) is 5.32. The predicted molar refractivity (Wildman–Crippen MR) is 107 cm³/mol. The smallest absolute Gasteiger partial charge is 0.233 e. The van der Waals surface area contributed by atoms with Gasteiger partial charge >= 0.3 is 0 Å². The molecule has 0 aliphatic carbocycles. The van der Waals surface area contributed by atoms with Crippen molar-refractivity contribution in [1.82, 2.24) is 0 Å². The number of carbonyl (C=O) groups is 1. The highest BCUT2D eigenvalue weighted by Crippen LogP contribution is 2.46. The molecule has 0 radical (unpaired) electrons. The van der Waals surface area contributed by atoms with E-state index < -0.39 is 6.10 Å². The summed E-state index contributed by atoms with van der Waals surface area (Å²) in [5.74, 6) is 0.0290. The largest absolute Gasteiger partial charge is 0.388 e. The lowest BCUT2D eigenvalue weighted by Crippen LogP contribution is -2.55. The number of carbonyl (C=O) groups excluding carboxylic acids is 1. The van der Waals surface area contributed by atoms with Crippen molar-refractivity contribution in [2.75, 3.05) is 4.90 Å². The van der Waals surface area contributed by atoms with Crippen LogP contribution in [-0.4, -0.2) is 11.0 Å². The maximum absolute atomic E-state index is 12.9. The van der Waals surface area contributed by atoms with Gasteiger partial charge in [0, 0.05) is 5.69 Å². The number of nitrogens with zero attached hydrogens (tertiary/aromatic N) is 1. The number of amides is 1. The van der Waals surface area contributed by atoms with Crippen molar-refractivity contribution < 1.29 is 9.90 Å². The summed E-state index contributed by atoms with van der Waals surface area (Å²) in [6, 6.07) is 29.7. The summed E-state index contributed by atoms with van der Waals surface area (Å²) in [5.41, 5.74) is 2.97. The van der Waals surface area contributed by atoms with Crippen LogP contribution in [0.5, 0.6) is 0 Å². The SMILES string of the molecule is O=C1[C@H](CC[C@H](O)c2ccccc2)C(c2ccccc2)N1c1ccccc1. The predicted octanol–water partition coefficient (Wildman–Crippen LogP) is 4.90. The van der Waals surface area contributed by atoms with E-state index in [9.17, 15) is 9.90 Å². The first-order valence-electron chi connectivity index (χ1n) is 9.42. The molecule has 3 heteroatoms. The molecule has 1 amide bonds. The molecular formula is C24H23NO2. The van der Waals surface area contributed by atoms with Gasteiger partial charge in [0.25, 0.3) is 0 Å². The number of para-hydroxylation sites is 1. The molecule has 0 spiro atoms. The third-order valence-corrected chi connectivity index (χ3v) is 5.32. The maximum atomic E-state index is 12.9. The first-order valence-corrected chi connectivity index (χ1v) is 9.42. The number of aliphatic hydroxyl groups is 1. The van der Waals surface area contributed by atoms with E-state index in [1.54, 1.807) is 0 Å². The Bertz CT molecular complexity index is 880. The minimum absolute atomic E-state index is 0.0177. The van der Waals surface area contributed by atoms with Crippen LogP contribution < -0.4 is 4.90 Å². The molecule has 1 N–H and O–H groups in total. The van der Waals surface area contributed by atoms with Gasteiger partial charge in [0.1, 0.15) is 0 Å². The molecule has 3 aromatic rings. The molecule has 27 heavy (non-hydrogen) atoms. The molecule has 3 aromatic carbocycles. The van der Waals surface area contributed by atoms with Crippen LogP contribution in [0.3, 0.4) is 0 Å². The summed E-state index contributed by atoms with van der Waals surface area (Å²) in [6.07, 6.45) is 0.700. The molecule has 1 aliphatic rings. The van der Waals surface area contributed by atoms with Gasteiger partial charge in [-0.15, -0.1) is 0 Å². The molecule has 0 bridgehead atoms. The van der Waals surface area contributed by atoms with Gasteiger partial charge in [-0.3, -0.25) is 4.79 Å². The lowest BCUT2D eigenvalue weighted by atomic mass is 9.78. The quantitative estimate of drug-likeness (QED) is 0.637. The van der Waals surface area contributed by atoms with Crippen LogP contribution in [0.25, 0.3) is 0 Å². The zero-order valence-electron chi connectivity index (χ0n) is 15.1. The van der Waals surface area contributed by atoms with Gasteiger partial charge < -0.3 is 10.0 Å². The van der Waals surface area contributed by atoms with E-state index >= 15 is 0 Å². The Morgan fingerprint density at radius 2 is 1.37 bits per heavy atom. The van der Waals surface area contributed by atoms with Crippen LogP contribution in [0.1, 0.15) is 36.1 Å². The number of benzene rings is 3. The number of hydrogen-bond donors (Lipinski definition) is 1. The highest BCUT2D eigenvalue weighted by Gasteiger charge is 2.48. The van der Waals surface area contributed by atoms with Gasteiger partial charge in [0.15, 0.2) is 0 Å². The second kappa shape index (κ2) is 7.77. The minimum atomic E-state index is -0.541. The summed E-state index contributed by atoms with van der Waals surface area (Å²) in [7, 11) is 0. The third kappa shape index (κ3) is 3.51. The molecule has 4 rings (SSSR count). The summed E-state index contributed by atoms with van der Waals surface area (Å²) >= 11 is 0. The second-order valence-electron chi connectivity index (χ2n) is 7.01. The number of anilines is 1. The Labute approximate surface area is 159 Å². The fraction of sp³-hybridized carbons (Fsp3) is 0.208. The zero-order valence-corrected chi connectivity index (χ0v) is 15.1. The van der Waals surface area contributed by atoms with Gasteiger partial charge in [0.2, 0.25) is 5.91 Å². The number of hydrogen-bond acceptors (Lipinski definition) is 2. The van der Waals surface area contributed by atoms with Gasteiger partial charge in [0.05, 0.1) is 18.1 Å². The Morgan fingerprint density at radius 1 is 0.815 bits per heavy atom. The van der Waals surface area contributed by atoms with Crippen molar-refractivity contribution in [3.8, 4) is 0 Å². The zero-order chi connectivity index (χ0) is 18.6. The van der Waals surface area contributed by atoms with Crippen LogP contribution >= 0.6 is 0 Å². The monoisotopic (exact) mass is 357 g/mol. The molecule has 0 saturated carbocycles. The Morgan fingerprint density at radius 3 is 2.00 bits per heavy atom. The lowest BCUT2D eigenvalue weighted by molar-refractivity contribution is -0.131. The van der Waals surface area contributed by atoms with Crippen LogP contribution in [-0.2, 0) is 4.79 Å². The van der Waals surface area contributed by atoms with Crippen molar-refractivity contribution >= 4 is 11.6 Å². The standard InChI is InChI=1S/C24H23NO2/c26-22(18-10-4-1-5-11-18)17-16-21-23(19-12-6-2-7-13-19)25(24(21)27)20-14-8-3-9-15-20/h1-15,21-23,26H,16-17H2/t21-,22+,23?/m1/s1. The van der Waals surface area contributed by atoms with Crippen molar-refractivity contribution in [3.63, 3.8) is 0 Å². The van der Waals surface area contributed by atoms with Crippen LogP contribution in [0, 0.1) is 5.92 Å². The highest BCUT2D eigenvalue weighted by molar-refractivity contribution is 6.03. The van der Waals surface area contributed by atoms with E-state index in [-0.39, 0.29) is 17.9 Å². The topological polar surface area (TPSA) is 40.5 Å². The van der Waals surface area contributed by atoms with E-state index in [0.717, 1.165) is 16.8 Å². The second-order valence-corrected chi connectivity index (χ2v) is 7.01. The van der Waals surface area contributed by atoms with Crippen molar-refractivity contribution in [2.24, 2.45) is 5.92 Å². The van der Waals surface area contributed by atoms with E-state index in [1.165, 1.54) is 0 Å². The first kappa shape index (κ1) is 17.5. The fourth-order valence-electron chi connectivity index (χ4n) is 3.92. The molecule has 3 atom stereocenters. The summed E-state index contributed by atoms with van der Waals surface area (Å²) in [5, 5.41) is 10.5. The molecule has 1 aliphatic heterocycles. The molecule has 1 heterocycles. The average molecular weight is 357 g/mol. The van der Waals surface area contributed by atoms with Gasteiger partial charge in [-0.1, -0.05) is 78.9 Å². The van der Waals surface area contributed by atoms with Crippen molar-refractivity contribution in [2.45, 2.75) is 25.0 Å². The number of aliphatic hydroxyl groups excluding tert-OH is 1. The summed E-state index contributed by atoms with van der Waals surface area (Å²) in [6.45, 7) is 0.